The number of nitrogens with zero attached hydrogens (tertiary/aromatic N) is 2. The summed E-state index contributed by atoms with van der Waals surface area (Å²) in [6.45, 7) is 0.269. The molecule has 2 heterocycles. The van der Waals surface area contributed by atoms with Crippen LogP contribution in [0, 0.1) is 17.2 Å². The number of esters is 1. The quantitative estimate of drug-likeness (QED) is 0.729. The standard InChI is InChI=1S/C15H10N2O3/c16-5-10-7-3-1-2-4-8(7)11-9-6-20-15(19)12(9)14(18)13(11)17-10/h1-4,9,12,14,18H,6H2/t9-,12-,14?/m1/s1. The number of aromatic nitrogens is 1. The lowest BCUT2D eigenvalue weighted by atomic mass is 9.92. The molecule has 1 saturated heterocycles. The zero-order valence-electron chi connectivity index (χ0n) is 10.4. The van der Waals surface area contributed by atoms with Crippen LogP contribution in [0.15, 0.2) is 24.3 Å². The Morgan fingerprint density at radius 3 is 2.85 bits per heavy atom. The monoisotopic (exact) mass is 266 g/mol. The van der Waals surface area contributed by atoms with E-state index in [0.29, 0.717) is 5.69 Å². The zero-order valence-corrected chi connectivity index (χ0v) is 10.4. The lowest BCUT2D eigenvalue weighted by Crippen LogP contribution is -2.16. The molecule has 0 spiro atoms. The highest BCUT2D eigenvalue weighted by Gasteiger charge is 2.51. The van der Waals surface area contributed by atoms with Crippen LogP contribution in [0.5, 0.6) is 0 Å². The third kappa shape index (κ3) is 1.24. The van der Waals surface area contributed by atoms with Crippen molar-refractivity contribution in [3.05, 3.63) is 41.2 Å². The Morgan fingerprint density at radius 1 is 1.35 bits per heavy atom. The number of aliphatic hydroxyl groups is 1. The van der Waals surface area contributed by atoms with Crippen LogP contribution in [0.3, 0.4) is 0 Å². The first-order chi connectivity index (χ1) is 9.72. The maximum Gasteiger partial charge on any atom is 0.312 e. The van der Waals surface area contributed by atoms with Crippen molar-refractivity contribution in [3.8, 4) is 6.07 Å². The summed E-state index contributed by atoms with van der Waals surface area (Å²) in [6.07, 6.45) is -0.985. The van der Waals surface area contributed by atoms with E-state index >= 15 is 0 Å². The third-order valence-corrected chi connectivity index (χ3v) is 4.19. The van der Waals surface area contributed by atoms with Crippen molar-refractivity contribution in [3.63, 3.8) is 0 Å². The van der Waals surface area contributed by atoms with Crippen molar-refractivity contribution < 1.29 is 14.6 Å². The molecule has 98 valence electrons. The second-order valence-electron chi connectivity index (χ2n) is 5.12. The predicted molar refractivity (Wildman–Crippen MR) is 68.6 cm³/mol. The van der Waals surface area contributed by atoms with Crippen LogP contribution in [0.4, 0.5) is 0 Å². The molecule has 3 atom stereocenters. The van der Waals surface area contributed by atoms with Gasteiger partial charge in [-0.3, -0.25) is 4.79 Å². The molecule has 5 heteroatoms. The summed E-state index contributed by atoms with van der Waals surface area (Å²) in [5.74, 6) is -1.14. The number of cyclic esters (lactones) is 1. The minimum atomic E-state index is -0.985. The van der Waals surface area contributed by atoms with Crippen molar-refractivity contribution in [1.29, 1.82) is 5.26 Å². The fourth-order valence-corrected chi connectivity index (χ4v) is 3.32. The molecule has 1 aliphatic heterocycles. The third-order valence-electron chi connectivity index (χ3n) is 4.19. The minimum absolute atomic E-state index is 0.169. The van der Waals surface area contributed by atoms with Gasteiger partial charge in [0.1, 0.15) is 17.9 Å². The second-order valence-corrected chi connectivity index (χ2v) is 5.12. The van der Waals surface area contributed by atoms with E-state index in [-0.39, 0.29) is 24.2 Å². The van der Waals surface area contributed by atoms with Crippen LogP contribution in [-0.2, 0) is 9.53 Å². The largest absolute Gasteiger partial charge is 0.465 e. The van der Waals surface area contributed by atoms with Gasteiger partial charge in [-0.2, -0.15) is 5.26 Å². The first-order valence-electron chi connectivity index (χ1n) is 6.39. The number of carbonyl (C=O) groups is 1. The summed E-state index contributed by atoms with van der Waals surface area (Å²) in [6, 6.07) is 9.51. The number of rotatable bonds is 0. The van der Waals surface area contributed by atoms with Crippen LogP contribution in [0.1, 0.15) is 29.0 Å². The van der Waals surface area contributed by atoms with Crippen molar-refractivity contribution in [1.82, 2.24) is 4.98 Å². The molecule has 2 aromatic rings. The van der Waals surface area contributed by atoms with Gasteiger partial charge in [0.2, 0.25) is 0 Å². The lowest BCUT2D eigenvalue weighted by molar-refractivity contribution is -0.144. The van der Waals surface area contributed by atoms with E-state index in [1.807, 2.05) is 24.3 Å². The smallest absolute Gasteiger partial charge is 0.312 e. The Kier molecular flexibility index (Phi) is 2.15. The van der Waals surface area contributed by atoms with Gasteiger partial charge in [0.25, 0.3) is 0 Å². The number of ether oxygens (including phenoxy) is 1. The van der Waals surface area contributed by atoms with E-state index in [9.17, 15) is 15.2 Å². The summed E-state index contributed by atoms with van der Waals surface area (Å²) < 4.78 is 5.06. The molecule has 0 saturated carbocycles. The first-order valence-corrected chi connectivity index (χ1v) is 6.39. The number of nitriles is 1. The maximum atomic E-state index is 11.8. The van der Waals surface area contributed by atoms with Gasteiger partial charge in [-0.15, -0.1) is 0 Å². The minimum Gasteiger partial charge on any atom is -0.465 e. The van der Waals surface area contributed by atoms with E-state index in [2.05, 4.69) is 11.1 Å². The first kappa shape index (κ1) is 11.4. The average molecular weight is 266 g/mol. The van der Waals surface area contributed by atoms with E-state index in [1.165, 1.54) is 0 Å². The molecular formula is C15H10N2O3. The molecule has 20 heavy (non-hydrogen) atoms. The van der Waals surface area contributed by atoms with Gasteiger partial charge in [0.05, 0.1) is 18.2 Å². The summed E-state index contributed by atoms with van der Waals surface area (Å²) >= 11 is 0. The van der Waals surface area contributed by atoms with E-state index < -0.39 is 12.0 Å². The maximum absolute atomic E-state index is 11.8. The van der Waals surface area contributed by atoms with Gasteiger partial charge in [-0.1, -0.05) is 24.3 Å². The van der Waals surface area contributed by atoms with E-state index in [4.69, 9.17) is 4.74 Å². The second kappa shape index (κ2) is 3.78. The molecule has 1 aromatic carbocycles. The Hall–Kier alpha value is -2.45. The van der Waals surface area contributed by atoms with Crippen molar-refractivity contribution in [2.75, 3.05) is 6.61 Å². The van der Waals surface area contributed by atoms with Crippen LogP contribution < -0.4 is 0 Å². The Bertz CT molecular complexity index is 794. The van der Waals surface area contributed by atoms with Crippen LogP contribution >= 0.6 is 0 Å². The van der Waals surface area contributed by atoms with Gasteiger partial charge < -0.3 is 9.84 Å². The topological polar surface area (TPSA) is 83.2 Å². The van der Waals surface area contributed by atoms with E-state index in [0.717, 1.165) is 16.3 Å². The van der Waals surface area contributed by atoms with E-state index in [1.54, 1.807) is 0 Å². The molecule has 0 radical (unpaired) electrons. The average Bonchev–Trinajstić information content (AvgIpc) is 2.98. The predicted octanol–water partition coefficient (Wildman–Crippen LogP) is 1.41. The summed E-state index contributed by atoms with van der Waals surface area (Å²) in [5.41, 5.74) is 1.58. The number of hydrogen-bond acceptors (Lipinski definition) is 5. The molecule has 1 N–H and O–H groups in total. The van der Waals surface area contributed by atoms with Crippen LogP contribution in [0.2, 0.25) is 0 Å². The zero-order chi connectivity index (χ0) is 13.9. The lowest BCUT2D eigenvalue weighted by Gasteiger charge is -2.11. The molecule has 1 aliphatic carbocycles. The van der Waals surface area contributed by atoms with Gasteiger partial charge in [0.15, 0.2) is 0 Å². The molecule has 2 aliphatic rings. The molecule has 5 nitrogen and oxygen atoms in total. The highest BCUT2D eigenvalue weighted by molar-refractivity contribution is 5.93. The molecular weight excluding hydrogens is 256 g/mol. The number of pyridine rings is 1. The fraction of sp³-hybridized carbons (Fsp3) is 0.267. The van der Waals surface area contributed by atoms with Crippen molar-refractivity contribution >= 4 is 16.7 Å². The molecule has 0 amide bonds. The molecule has 0 bridgehead atoms. The SMILES string of the molecule is N#Cc1nc2c(c3ccccc13)[C@H]1COC(=O)[C@H]1C2O. The molecule has 4 rings (SSSR count). The number of aliphatic hydroxyl groups excluding tert-OH is 1. The van der Waals surface area contributed by atoms with Gasteiger partial charge >= 0.3 is 5.97 Å². The van der Waals surface area contributed by atoms with Gasteiger partial charge in [-0.05, 0) is 10.9 Å². The Labute approximate surface area is 114 Å². The number of benzene rings is 1. The number of carbonyl (C=O) groups excluding carboxylic acids is 1. The van der Waals surface area contributed by atoms with Crippen LogP contribution in [-0.4, -0.2) is 22.7 Å². The fourth-order valence-electron chi connectivity index (χ4n) is 3.32. The Balaban J connectivity index is 2.09. The normalized spacial score (nSPS) is 27.0. The number of hydrogen-bond donors (Lipinski definition) is 1. The summed E-state index contributed by atoms with van der Waals surface area (Å²) in [7, 11) is 0. The highest BCUT2D eigenvalue weighted by atomic mass is 16.5. The van der Waals surface area contributed by atoms with Crippen molar-refractivity contribution in [2.45, 2.75) is 12.0 Å². The van der Waals surface area contributed by atoms with Crippen molar-refractivity contribution in [2.24, 2.45) is 5.92 Å². The summed E-state index contributed by atoms with van der Waals surface area (Å²) in [5, 5.41) is 21.2. The van der Waals surface area contributed by atoms with Gasteiger partial charge in [-0.25, -0.2) is 4.98 Å². The molecule has 1 aromatic heterocycles. The van der Waals surface area contributed by atoms with Crippen LogP contribution in [0.25, 0.3) is 10.8 Å². The number of fused-ring (bicyclic) bond motifs is 5. The Morgan fingerprint density at radius 2 is 2.10 bits per heavy atom. The molecule has 1 fully saturated rings. The highest BCUT2D eigenvalue weighted by Crippen LogP contribution is 2.50. The molecule has 1 unspecified atom stereocenters. The van der Waals surface area contributed by atoms with Gasteiger partial charge in [0, 0.05) is 11.3 Å². The summed E-state index contributed by atoms with van der Waals surface area (Å²) in [4.78, 5) is 16.0.